The summed E-state index contributed by atoms with van der Waals surface area (Å²) in [6.45, 7) is 0. The van der Waals surface area contributed by atoms with E-state index in [-0.39, 0.29) is 5.02 Å². The van der Waals surface area contributed by atoms with Crippen LogP contribution < -0.4 is 4.72 Å². The summed E-state index contributed by atoms with van der Waals surface area (Å²) in [5.74, 6) is 0. The first-order chi connectivity index (χ1) is 6.83. The maximum Gasteiger partial charge on any atom is 0.301 e. The van der Waals surface area contributed by atoms with Crippen molar-refractivity contribution >= 4 is 39.1 Å². The Bertz CT molecular complexity index is 460. The third-order valence-electron chi connectivity index (χ3n) is 1.65. The number of anilines is 1. The Morgan fingerprint density at radius 1 is 1.27 bits per heavy atom. The Morgan fingerprint density at radius 2 is 1.87 bits per heavy atom. The molecule has 15 heavy (non-hydrogen) atoms. The number of rotatable bonds is 3. The summed E-state index contributed by atoms with van der Waals surface area (Å²) < 4.78 is 26.3. The van der Waals surface area contributed by atoms with Crippen LogP contribution in [-0.2, 0) is 10.2 Å². The first kappa shape index (κ1) is 12.6. The van der Waals surface area contributed by atoms with E-state index in [2.05, 4.69) is 4.72 Å². The van der Waals surface area contributed by atoms with Crippen LogP contribution in [0.25, 0.3) is 0 Å². The lowest BCUT2D eigenvalue weighted by Crippen LogP contribution is -2.29. The molecule has 0 aliphatic heterocycles. The van der Waals surface area contributed by atoms with E-state index in [4.69, 9.17) is 23.2 Å². The molecule has 1 aromatic rings. The van der Waals surface area contributed by atoms with Gasteiger partial charge in [0, 0.05) is 19.1 Å². The highest BCUT2D eigenvalue weighted by atomic mass is 35.5. The standard InChI is InChI=1S/C8H10Cl2N2O2S/c1-12(2)15(13,14)11-8-4-3-6(9)5-7(8)10/h3-5,11H,1-2H3. The van der Waals surface area contributed by atoms with Crippen molar-refractivity contribution in [3.63, 3.8) is 0 Å². The van der Waals surface area contributed by atoms with Crippen molar-refractivity contribution in [1.82, 2.24) is 4.31 Å². The van der Waals surface area contributed by atoms with Gasteiger partial charge in [-0.3, -0.25) is 4.72 Å². The Morgan fingerprint density at radius 3 is 2.33 bits per heavy atom. The van der Waals surface area contributed by atoms with E-state index >= 15 is 0 Å². The average Bonchev–Trinajstić information content (AvgIpc) is 2.09. The fourth-order valence-corrected chi connectivity index (χ4v) is 1.95. The Kier molecular flexibility index (Phi) is 3.83. The minimum Gasteiger partial charge on any atom is -0.269 e. The molecule has 0 atom stereocenters. The van der Waals surface area contributed by atoms with Crippen LogP contribution in [0, 0.1) is 0 Å². The molecule has 4 nitrogen and oxygen atoms in total. The second-order valence-corrected chi connectivity index (χ2v) is 5.74. The van der Waals surface area contributed by atoms with Crippen molar-refractivity contribution in [2.75, 3.05) is 18.8 Å². The Hall–Kier alpha value is -0.490. The normalized spacial score (nSPS) is 11.8. The van der Waals surface area contributed by atoms with E-state index in [1.54, 1.807) is 6.07 Å². The third kappa shape index (κ3) is 3.24. The first-order valence-electron chi connectivity index (χ1n) is 3.98. The summed E-state index contributed by atoms with van der Waals surface area (Å²) in [4.78, 5) is 0. The molecule has 7 heteroatoms. The van der Waals surface area contributed by atoms with Crippen molar-refractivity contribution in [2.45, 2.75) is 0 Å². The molecule has 0 aromatic heterocycles. The van der Waals surface area contributed by atoms with Crippen LogP contribution in [0.4, 0.5) is 5.69 Å². The van der Waals surface area contributed by atoms with Crippen molar-refractivity contribution in [3.05, 3.63) is 28.2 Å². The molecule has 0 heterocycles. The summed E-state index contributed by atoms with van der Waals surface area (Å²) in [6, 6.07) is 4.53. The van der Waals surface area contributed by atoms with Gasteiger partial charge < -0.3 is 0 Å². The van der Waals surface area contributed by atoms with Crippen LogP contribution in [0.15, 0.2) is 18.2 Å². The molecule has 0 fully saturated rings. The lowest BCUT2D eigenvalue weighted by Gasteiger charge is -2.14. The summed E-state index contributed by atoms with van der Waals surface area (Å²) >= 11 is 11.5. The number of nitrogens with zero attached hydrogens (tertiary/aromatic N) is 1. The van der Waals surface area contributed by atoms with Crippen molar-refractivity contribution in [2.24, 2.45) is 0 Å². The van der Waals surface area contributed by atoms with Crippen LogP contribution in [0.2, 0.25) is 10.0 Å². The zero-order valence-electron chi connectivity index (χ0n) is 8.16. The number of nitrogens with one attached hydrogen (secondary N) is 1. The molecule has 0 amide bonds. The van der Waals surface area contributed by atoms with Gasteiger partial charge in [0.15, 0.2) is 0 Å². The smallest absolute Gasteiger partial charge is 0.269 e. The number of benzene rings is 1. The van der Waals surface area contributed by atoms with Crippen LogP contribution in [0.1, 0.15) is 0 Å². The average molecular weight is 269 g/mol. The lowest BCUT2D eigenvalue weighted by atomic mass is 10.3. The van der Waals surface area contributed by atoms with Gasteiger partial charge in [0.05, 0.1) is 10.7 Å². The Labute approximate surface area is 99.0 Å². The van der Waals surface area contributed by atoms with Gasteiger partial charge in [0.1, 0.15) is 0 Å². The minimum absolute atomic E-state index is 0.257. The molecule has 0 bridgehead atoms. The van der Waals surface area contributed by atoms with Gasteiger partial charge in [-0.2, -0.15) is 12.7 Å². The zero-order valence-corrected chi connectivity index (χ0v) is 10.5. The molecule has 0 saturated heterocycles. The van der Waals surface area contributed by atoms with Crippen LogP contribution in [0.3, 0.4) is 0 Å². The van der Waals surface area contributed by atoms with Gasteiger partial charge in [0.25, 0.3) is 0 Å². The Balaban J connectivity index is 3.01. The first-order valence-corrected chi connectivity index (χ1v) is 6.18. The van der Waals surface area contributed by atoms with Crippen molar-refractivity contribution in [1.29, 1.82) is 0 Å². The van der Waals surface area contributed by atoms with Gasteiger partial charge in [-0.25, -0.2) is 0 Å². The fraction of sp³-hybridized carbons (Fsp3) is 0.250. The number of halogens is 2. The van der Waals surface area contributed by atoms with Crippen LogP contribution >= 0.6 is 23.2 Å². The molecule has 84 valence electrons. The van der Waals surface area contributed by atoms with E-state index < -0.39 is 10.2 Å². The molecule has 0 saturated carbocycles. The summed E-state index contributed by atoms with van der Waals surface area (Å²) in [7, 11) is -0.685. The molecule has 0 unspecified atom stereocenters. The molecule has 0 radical (unpaired) electrons. The van der Waals surface area contributed by atoms with Crippen molar-refractivity contribution in [3.8, 4) is 0 Å². The summed E-state index contributed by atoms with van der Waals surface area (Å²) in [6.07, 6.45) is 0. The largest absolute Gasteiger partial charge is 0.301 e. The molecular formula is C8H10Cl2N2O2S. The maximum atomic E-state index is 11.5. The monoisotopic (exact) mass is 268 g/mol. The topological polar surface area (TPSA) is 49.4 Å². The third-order valence-corrected chi connectivity index (χ3v) is 3.64. The van der Waals surface area contributed by atoms with E-state index in [9.17, 15) is 8.42 Å². The van der Waals surface area contributed by atoms with E-state index in [1.165, 1.54) is 26.2 Å². The fourth-order valence-electron chi connectivity index (χ4n) is 0.802. The van der Waals surface area contributed by atoms with E-state index in [0.29, 0.717) is 10.7 Å². The second-order valence-electron chi connectivity index (χ2n) is 3.01. The maximum absolute atomic E-state index is 11.5. The van der Waals surface area contributed by atoms with Crippen LogP contribution in [-0.4, -0.2) is 26.8 Å². The molecule has 0 aliphatic carbocycles. The molecule has 0 spiro atoms. The van der Waals surface area contributed by atoms with E-state index in [1.807, 2.05) is 0 Å². The predicted octanol–water partition coefficient (Wildman–Crippen LogP) is 2.21. The van der Waals surface area contributed by atoms with Gasteiger partial charge >= 0.3 is 10.2 Å². The molecule has 1 N–H and O–H groups in total. The predicted molar refractivity (Wildman–Crippen MR) is 62.7 cm³/mol. The van der Waals surface area contributed by atoms with Gasteiger partial charge in [-0.1, -0.05) is 23.2 Å². The van der Waals surface area contributed by atoms with E-state index in [0.717, 1.165) is 4.31 Å². The highest BCUT2D eigenvalue weighted by molar-refractivity contribution is 7.90. The van der Waals surface area contributed by atoms with Crippen LogP contribution in [0.5, 0.6) is 0 Å². The molecule has 1 rings (SSSR count). The lowest BCUT2D eigenvalue weighted by molar-refractivity contribution is 0.527. The van der Waals surface area contributed by atoms with Gasteiger partial charge in [0.2, 0.25) is 0 Å². The van der Waals surface area contributed by atoms with Gasteiger partial charge in [-0.15, -0.1) is 0 Å². The highest BCUT2D eigenvalue weighted by Gasteiger charge is 2.14. The molecule has 0 aliphatic rings. The second kappa shape index (κ2) is 4.57. The van der Waals surface area contributed by atoms with Gasteiger partial charge in [-0.05, 0) is 18.2 Å². The minimum atomic E-state index is -3.53. The molecular weight excluding hydrogens is 259 g/mol. The molecule has 1 aromatic carbocycles. The van der Waals surface area contributed by atoms with Crippen molar-refractivity contribution < 1.29 is 8.42 Å². The SMILES string of the molecule is CN(C)S(=O)(=O)Nc1ccc(Cl)cc1Cl. The summed E-state index contributed by atoms with van der Waals surface area (Å²) in [5.41, 5.74) is 0.301. The number of hydrogen-bond donors (Lipinski definition) is 1. The highest BCUT2D eigenvalue weighted by Crippen LogP contribution is 2.26. The number of hydrogen-bond acceptors (Lipinski definition) is 2. The zero-order chi connectivity index (χ0) is 11.6. The quantitative estimate of drug-likeness (QED) is 0.914. The summed E-state index contributed by atoms with van der Waals surface area (Å²) in [5, 5.41) is 0.709.